The van der Waals surface area contributed by atoms with Crippen LogP contribution in [0.1, 0.15) is 103 Å². The van der Waals surface area contributed by atoms with E-state index < -0.39 is 0 Å². The number of benzene rings is 13. The third kappa shape index (κ3) is 15.1. The van der Waals surface area contributed by atoms with Gasteiger partial charge in [0, 0.05) is 156 Å². The normalized spacial score (nSPS) is 13.4. The van der Waals surface area contributed by atoms with Gasteiger partial charge >= 0.3 is 0 Å². The van der Waals surface area contributed by atoms with E-state index in [1.54, 1.807) is 17.5 Å². The van der Waals surface area contributed by atoms with Crippen molar-refractivity contribution in [2.75, 3.05) is 9.80 Å². The van der Waals surface area contributed by atoms with Crippen LogP contribution in [0.2, 0.25) is 0 Å². The van der Waals surface area contributed by atoms with Gasteiger partial charge < -0.3 is 65.5 Å². The molecular weight excluding hydrogens is 2360 g/mol. The average molecular weight is 2440 g/mol. The minimum Gasteiger partial charge on any atom is -0.518 e. The maximum absolute atomic E-state index is 6.69. The third-order valence-electron chi connectivity index (χ3n) is 28.4. The summed E-state index contributed by atoms with van der Waals surface area (Å²) < 4.78 is 54.9. The van der Waals surface area contributed by atoms with Crippen LogP contribution in [0.4, 0.5) is 11.4 Å². The molecule has 0 bridgehead atoms. The van der Waals surface area contributed by atoms with E-state index in [4.69, 9.17) is 43.5 Å². The molecule has 0 N–H and O–H groups in total. The molecule has 0 amide bonds. The number of fused-ring (bicyclic) bond motifs is 22. The molecule has 0 atom stereocenters. The van der Waals surface area contributed by atoms with Gasteiger partial charge in [0.05, 0.1) is 51.9 Å². The van der Waals surface area contributed by atoms with Gasteiger partial charge in [-0.3, -0.25) is 4.68 Å². The first kappa shape index (κ1) is 92.8. The standard InChI is InChI=1S/C41H33BN5O2.C41H29BN4O2.C37H25BN4O2S.3Pt/c1-26(2)32-11-8-12-33(27(3)4)39(32)28-23-44-47(24-28)31-14-16-37-35(22-31)42-34-21-30(46-20-19-45(25-46)29-9-6-5-7-10-29)13-15-36(34)48-38-17-18-43-41(49-37)40(38)42;1-41(2,3)25-18-19-43-39(20-25)46-31-11-6-5-10-27(31)28-22-38-30(23-34(28)46)42-29-21-26(45-24-44(4)32-12-7-8-13-33(32)45)16-17-35(29)47-36-14-9-15-37(48-38)40(36)42;1-37(2,3)23-14-15-39-36-35(23)45-33-17-21-16-32-25(19-28(21)42(33)36)38-24-18-22(41-20-40(4)26-8-5-6-9-27(26)41)12-13-29(24)43-30-10-7-11-31(44-32)34(30)38;;;/h5-20,23-27H,1-4H3;5-20,22H,1-4H3;5-17H,1-4H3;;;/q-3;2*-2;;;. The van der Waals surface area contributed by atoms with Gasteiger partial charge in [-0.05, 0) is 141 Å². The van der Waals surface area contributed by atoms with E-state index >= 15 is 0 Å². The summed E-state index contributed by atoms with van der Waals surface area (Å²) in [7, 11) is 4.03. The molecule has 26 heteroatoms. The van der Waals surface area contributed by atoms with E-state index in [9.17, 15) is 0 Å². The van der Waals surface area contributed by atoms with Crippen LogP contribution in [0.25, 0.3) is 104 Å². The minimum absolute atomic E-state index is 0. The fraction of sp³-hybridized carbons (Fsp3) is 0.134. The number of para-hydroxylation sites is 6. The SMILES string of the molecule is CC(C)c1cccc(C(C)C)c1-c1cnn(-c2[c-]c3c(cc2)Oc2nccc4c2B3c2[c-]c(N3C=CN(c5ccccc5)[CH-]3)ccc2O4)c1.C[n+]1[c-]n(-c2[c-]c3c(cc2)Oc2cccc4c2B3c2[c-]c3c(cc2O4)c2ccccc2n3-c2cc(C(C)(C)C)ccn2)c2ccccc21.C[n+]1[c-]n(-c2[c-]c3c(cc2)Oc2cccc4c2B3c2[c-]c3c(cc2O4)cc2sc4c(C(C)(C)C)ccnc4n23)c2ccccc21.[Pt].[Pt].[Pt]. The zero-order chi connectivity index (χ0) is 95.7. The molecule has 7 aliphatic heterocycles. The first-order valence-corrected chi connectivity index (χ1v) is 48.9. The van der Waals surface area contributed by atoms with Crippen LogP contribution in [0, 0.1) is 55.7 Å². The number of aromatic nitrogens is 11. The van der Waals surface area contributed by atoms with Crippen molar-refractivity contribution in [3.05, 3.63) is 370 Å². The quantitative estimate of drug-likeness (QED) is 0.0770. The molecule has 145 heavy (non-hydrogen) atoms. The van der Waals surface area contributed by atoms with Crippen LogP contribution in [-0.2, 0) is 88.1 Å². The van der Waals surface area contributed by atoms with Crippen LogP contribution in [0.15, 0.2) is 292 Å². The monoisotopic (exact) mass is 2440 g/mol. The molecule has 7 aliphatic rings. The number of aryl methyl sites for hydroxylation is 2. The van der Waals surface area contributed by atoms with Crippen molar-refractivity contribution in [2.24, 2.45) is 14.1 Å². The Labute approximate surface area is 887 Å². The Bertz CT molecular complexity index is 9110. The smallest absolute Gasteiger partial charge is 0.242 e. The topological polar surface area (TPSA) is 145 Å². The van der Waals surface area contributed by atoms with Gasteiger partial charge in [0.15, 0.2) is 5.65 Å². The Morgan fingerprint density at radius 3 is 1.52 bits per heavy atom. The first-order chi connectivity index (χ1) is 69.1. The maximum Gasteiger partial charge on any atom is 0.242 e. The van der Waals surface area contributed by atoms with Gasteiger partial charge in [-0.25, -0.2) is 15.0 Å². The zero-order valence-corrected chi connectivity index (χ0v) is 88.4. The van der Waals surface area contributed by atoms with Crippen LogP contribution >= 0.6 is 11.3 Å². The van der Waals surface area contributed by atoms with Gasteiger partial charge in [-0.2, -0.15) is 53.6 Å². The predicted molar refractivity (Wildman–Crippen MR) is 564 cm³/mol. The summed E-state index contributed by atoms with van der Waals surface area (Å²) >= 11 is 1.79. The Balaban J connectivity index is 0.000000116. The Kier molecular flexibility index (Phi) is 22.7. The van der Waals surface area contributed by atoms with Gasteiger partial charge in [0.2, 0.25) is 38.7 Å². The molecule has 716 valence electrons. The number of ether oxygens (including phenoxy) is 6. The summed E-state index contributed by atoms with van der Waals surface area (Å²) in [6.07, 6.45) is 20.7. The van der Waals surface area contributed by atoms with Crippen LogP contribution in [0.3, 0.4) is 0 Å². The average Bonchev–Trinajstić information content (AvgIpc) is 1.73. The van der Waals surface area contributed by atoms with Crippen molar-refractivity contribution in [3.63, 3.8) is 0 Å². The molecule has 0 unspecified atom stereocenters. The van der Waals surface area contributed by atoms with Gasteiger partial charge in [0.25, 0.3) is 0 Å². The number of rotatable bonds is 9. The first-order valence-electron chi connectivity index (χ1n) is 48.0. The summed E-state index contributed by atoms with van der Waals surface area (Å²) in [5.74, 6) is 10.7. The molecule has 0 radical (unpaired) electrons. The summed E-state index contributed by atoms with van der Waals surface area (Å²) in [6, 6.07) is 108. The Morgan fingerprint density at radius 1 is 0.414 bits per heavy atom. The molecule has 29 rings (SSSR count). The summed E-state index contributed by atoms with van der Waals surface area (Å²) in [6.45, 7) is 23.9. The van der Waals surface area contributed by atoms with E-state index in [0.29, 0.717) is 23.5 Å². The van der Waals surface area contributed by atoms with Crippen molar-refractivity contribution in [2.45, 2.75) is 91.9 Å². The Hall–Kier alpha value is -14.6. The van der Waals surface area contributed by atoms with E-state index in [0.717, 1.165) is 212 Å². The van der Waals surface area contributed by atoms with Crippen molar-refractivity contribution in [3.8, 4) is 103 Å². The van der Waals surface area contributed by atoms with Crippen molar-refractivity contribution in [1.82, 2.24) is 42.8 Å². The summed E-state index contributed by atoms with van der Waals surface area (Å²) in [5, 5.41) is 8.13. The molecule has 9 aromatic heterocycles. The number of pyridine rings is 3. The molecule has 0 saturated heterocycles. The second-order valence-electron chi connectivity index (χ2n) is 39.9. The van der Waals surface area contributed by atoms with Crippen LogP contribution < -0.4 is 96.5 Å². The third-order valence-corrected chi connectivity index (χ3v) is 29.5. The van der Waals surface area contributed by atoms with Gasteiger partial charge in [0.1, 0.15) is 34.6 Å². The molecule has 0 fully saturated rings. The summed E-state index contributed by atoms with van der Waals surface area (Å²) in [4.78, 5) is 19.7. The van der Waals surface area contributed by atoms with Crippen LogP contribution in [-0.4, -0.2) is 63.0 Å². The van der Waals surface area contributed by atoms with E-state index in [1.165, 1.54) is 32.5 Å². The van der Waals surface area contributed by atoms with Crippen LogP contribution in [0.5, 0.6) is 69.1 Å². The maximum atomic E-state index is 6.69. The number of imidazole rings is 2. The number of thiazole rings is 1. The van der Waals surface area contributed by atoms with Gasteiger partial charge in [-0.15, -0.1) is 110 Å². The van der Waals surface area contributed by atoms with E-state index in [1.807, 2.05) is 168 Å². The molecule has 0 spiro atoms. The second kappa shape index (κ2) is 35.4. The molecular formula is C119H87B3N13O6Pt3S-7. The van der Waals surface area contributed by atoms with E-state index in [-0.39, 0.29) is 94.2 Å². The van der Waals surface area contributed by atoms with E-state index in [2.05, 4.69) is 304 Å². The Morgan fingerprint density at radius 2 is 0.910 bits per heavy atom. The molecule has 16 heterocycles. The number of nitrogens with zero attached hydrogens (tertiary/aromatic N) is 13. The molecule has 22 aromatic rings. The largest absolute Gasteiger partial charge is 0.518 e. The number of anilines is 2. The van der Waals surface area contributed by atoms with Gasteiger partial charge in [-0.1, -0.05) is 218 Å². The fourth-order valence-electron chi connectivity index (χ4n) is 21.6. The molecule has 0 aliphatic carbocycles. The minimum atomic E-state index is -0.243. The van der Waals surface area contributed by atoms with Crippen molar-refractivity contribution >= 4 is 162 Å². The van der Waals surface area contributed by atoms with Crippen molar-refractivity contribution in [1.29, 1.82) is 0 Å². The fourth-order valence-corrected chi connectivity index (χ4v) is 23.0. The predicted octanol–water partition coefficient (Wildman–Crippen LogP) is 19.7. The number of hydrogen-bond acceptors (Lipinski definition) is 13. The molecule has 19 nitrogen and oxygen atoms in total. The zero-order valence-electron chi connectivity index (χ0n) is 80.8. The number of hydrogen-bond donors (Lipinski definition) is 0. The summed E-state index contributed by atoms with van der Waals surface area (Å²) in [5.41, 5.74) is 28.9. The molecule has 0 saturated carbocycles. The molecule has 13 aromatic carbocycles. The second-order valence-corrected chi connectivity index (χ2v) is 41.0. The van der Waals surface area contributed by atoms with Crippen molar-refractivity contribution < 1.29 is 101 Å².